The van der Waals surface area contributed by atoms with Crippen molar-refractivity contribution in [3.8, 4) is 5.75 Å². The van der Waals surface area contributed by atoms with Gasteiger partial charge in [-0.05, 0) is 36.8 Å². The maximum Gasteiger partial charge on any atom is 0.371 e. The molecule has 20 heavy (non-hydrogen) atoms. The van der Waals surface area contributed by atoms with Crippen molar-refractivity contribution in [2.24, 2.45) is 0 Å². The van der Waals surface area contributed by atoms with Crippen LogP contribution in [0.25, 0.3) is 0 Å². The van der Waals surface area contributed by atoms with E-state index in [9.17, 15) is 14.7 Å². The summed E-state index contributed by atoms with van der Waals surface area (Å²) in [6.45, 7) is 1.84. The van der Waals surface area contributed by atoms with Crippen LogP contribution in [0.2, 0.25) is 0 Å². The summed E-state index contributed by atoms with van der Waals surface area (Å²) in [7, 11) is 0. The molecule has 0 fully saturated rings. The quantitative estimate of drug-likeness (QED) is 0.791. The van der Waals surface area contributed by atoms with Gasteiger partial charge in [0.25, 0.3) is 5.91 Å². The summed E-state index contributed by atoms with van der Waals surface area (Å²) in [6.07, 6.45) is 0. The van der Waals surface area contributed by atoms with E-state index in [1.807, 2.05) is 0 Å². The number of aromatic hydroxyl groups is 1. The number of nitrogens with one attached hydrogen (secondary N) is 1. The molecule has 6 nitrogen and oxygen atoms in total. The van der Waals surface area contributed by atoms with Crippen molar-refractivity contribution in [3.05, 3.63) is 53.0 Å². The molecule has 0 radical (unpaired) electrons. The Bertz CT molecular complexity index is 659. The smallest absolute Gasteiger partial charge is 0.371 e. The van der Waals surface area contributed by atoms with Gasteiger partial charge in [-0.25, -0.2) is 4.79 Å². The van der Waals surface area contributed by atoms with Gasteiger partial charge in [-0.1, -0.05) is 6.07 Å². The van der Waals surface area contributed by atoms with Crippen molar-refractivity contribution in [2.75, 3.05) is 0 Å². The summed E-state index contributed by atoms with van der Waals surface area (Å²) in [5.74, 6) is -1.60. The van der Waals surface area contributed by atoms with Gasteiger partial charge in [0.05, 0.1) is 12.1 Å². The fraction of sp³-hybridized carbons (Fsp3) is 0.143. The molecule has 0 aliphatic rings. The predicted molar refractivity (Wildman–Crippen MR) is 69.7 cm³/mol. The first kappa shape index (κ1) is 13.7. The molecule has 0 bridgehead atoms. The number of hydrogen-bond donors (Lipinski definition) is 3. The van der Waals surface area contributed by atoms with Crippen LogP contribution in [-0.2, 0) is 6.54 Å². The summed E-state index contributed by atoms with van der Waals surface area (Å²) in [6, 6.07) is 7.51. The summed E-state index contributed by atoms with van der Waals surface area (Å²) in [4.78, 5) is 22.5. The number of carboxylic acid groups (broad SMARTS) is 1. The minimum Gasteiger partial charge on any atom is -0.507 e. The molecule has 0 aliphatic carbocycles. The number of aryl methyl sites for hydroxylation is 1. The molecule has 2 aromatic rings. The molecular formula is C14H13NO5. The van der Waals surface area contributed by atoms with E-state index in [0.29, 0.717) is 5.76 Å². The molecule has 1 heterocycles. The Hall–Kier alpha value is -2.76. The van der Waals surface area contributed by atoms with Crippen LogP contribution in [0.3, 0.4) is 0 Å². The molecule has 0 saturated heterocycles. The molecule has 1 aromatic heterocycles. The van der Waals surface area contributed by atoms with Crippen LogP contribution in [0.5, 0.6) is 5.75 Å². The first-order chi connectivity index (χ1) is 9.47. The molecule has 0 unspecified atom stereocenters. The van der Waals surface area contributed by atoms with Gasteiger partial charge in [-0.2, -0.15) is 0 Å². The van der Waals surface area contributed by atoms with Gasteiger partial charge < -0.3 is 19.9 Å². The zero-order valence-corrected chi connectivity index (χ0v) is 10.7. The average Bonchev–Trinajstić information content (AvgIpc) is 2.85. The number of carbonyl (C=O) groups excluding carboxylic acids is 1. The summed E-state index contributed by atoms with van der Waals surface area (Å²) >= 11 is 0. The van der Waals surface area contributed by atoms with E-state index in [1.54, 1.807) is 13.0 Å². The van der Waals surface area contributed by atoms with Crippen LogP contribution >= 0.6 is 0 Å². The van der Waals surface area contributed by atoms with Crippen molar-refractivity contribution in [2.45, 2.75) is 13.5 Å². The van der Waals surface area contributed by atoms with Crippen LogP contribution < -0.4 is 5.32 Å². The second kappa shape index (κ2) is 5.48. The zero-order valence-electron chi connectivity index (χ0n) is 10.7. The molecule has 0 aliphatic heterocycles. The van der Waals surface area contributed by atoms with Crippen LogP contribution in [-0.4, -0.2) is 22.1 Å². The van der Waals surface area contributed by atoms with E-state index < -0.39 is 11.9 Å². The highest BCUT2D eigenvalue weighted by atomic mass is 16.4. The number of aromatic carboxylic acids is 1. The van der Waals surface area contributed by atoms with Gasteiger partial charge >= 0.3 is 5.97 Å². The number of carbonyl (C=O) groups is 2. The maximum absolute atomic E-state index is 11.9. The lowest BCUT2D eigenvalue weighted by Crippen LogP contribution is -2.22. The Morgan fingerprint density at radius 3 is 2.60 bits per heavy atom. The van der Waals surface area contributed by atoms with Crippen molar-refractivity contribution in [3.63, 3.8) is 0 Å². The van der Waals surface area contributed by atoms with Crippen molar-refractivity contribution in [1.82, 2.24) is 5.32 Å². The topological polar surface area (TPSA) is 99.8 Å². The Morgan fingerprint density at radius 1 is 1.25 bits per heavy atom. The first-order valence-corrected chi connectivity index (χ1v) is 5.87. The fourth-order valence-electron chi connectivity index (χ4n) is 1.68. The van der Waals surface area contributed by atoms with Gasteiger partial charge in [0.2, 0.25) is 5.76 Å². The van der Waals surface area contributed by atoms with E-state index in [-0.39, 0.29) is 23.6 Å². The van der Waals surface area contributed by atoms with E-state index in [2.05, 4.69) is 5.32 Å². The molecule has 1 aromatic carbocycles. The van der Waals surface area contributed by atoms with E-state index in [4.69, 9.17) is 9.52 Å². The molecule has 104 valence electrons. The largest absolute Gasteiger partial charge is 0.507 e. The number of phenolic OH excluding ortho intramolecular Hbond substituents is 1. The van der Waals surface area contributed by atoms with E-state index in [0.717, 1.165) is 5.56 Å². The van der Waals surface area contributed by atoms with Gasteiger partial charge in [-0.3, -0.25) is 4.79 Å². The maximum atomic E-state index is 11.9. The highest BCUT2D eigenvalue weighted by Gasteiger charge is 2.13. The molecular weight excluding hydrogens is 262 g/mol. The zero-order chi connectivity index (χ0) is 14.7. The van der Waals surface area contributed by atoms with Crippen molar-refractivity contribution in [1.29, 1.82) is 0 Å². The van der Waals surface area contributed by atoms with Crippen LogP contribution in [0, 0.1) is 6.92 Å². The summed E-state index contributed by atoms with van der Waals surface area (Å²) < 4.78 is 5.00. The van der Waals surface area contributed by atoms with Crippen LogP contribution in [0.15, 0.2) is 34.7 Å². The van der Waals surface area contributed by atoms with Gasteiger partial charge in [-0.15, -0.1) is 0 Å². The Labute approximate surface area is 114 Å². The van der Waals surface area contributed by atoms with Crippen LogP contribution in [0.4, 0.5) is 0 Å². The lowest BCUT2D eigenvalue weighted by molar-refractivity contribution is 0.0660. The number of amides is 1. The number of hydrogen-bond acceptors (Lipinski definition) is 4. The Balaban J connectivity index is 2.02. The molecule has 3 N–H and O–H groups in total. The van der Waals surface area contributed by atoms with Gasteiger partial charge in [0.15, 0.2) is 0 Å². The summed E-state index contributed by atoms with van der Waals surface area (Å²) in [5, 5.41) is 20.9. The van der Waals surface area contributed by atoms with Crippen molar-refractivity contribution >= 4 is 11.9 Å². The molecule has 0 spiro atoms. The second-order valence-electron chi connectivity index (χ2n) is 4.27. The highest BCUT2D eigenvalue weighted by Crippen LogP contribution is 2.18. The fourth-order valence-corrected chi connectivity index (χ4v) is 1.68. The third-order valence-electron chi connectivity index (χ3n) is 2.69. The third-order valence-corrected chi connectivity index (χ3v) is 2.69. The predicted octanol–water partition coefficient (Wildman–Crippen LogP) is 1.92. The second-order valence-corrected chi connectivity index (χ2v) is 4.27. The lowest BCUT2D eigenvalue weighted by Gasteiger charge is -2.06. The van der Waals surface area contributed by atoms with Gasteiger partial charge in [0.1, 0.15) is 11.5 Å². The molecule has 2 rings (SSSR count). The molecule has 0 saturated carbocycles. The third kappa shape index (κ3) is 2.97. The van der Waals surface area contributed by atoms with Crippen LogP contribution in [0.1, 0.15) is 32.2 Å². The first-order valence-electron chi connectivity index (χ1n) is 5.87. The number of phenols is 1. The van der Waals surface area contributed by atoms with E-state index >= 15 is 0 Å². The highest BCUT2D eigenvalue weighted by molar-refractivity contribution is 5.96. The minimum absolute atomic E-state index is 0.0411. The monoisotopic (exact) mass is 275 g/mol. The van der Waals surface area contributed by atoms with E-state index in [1.165, 1.54) is 24.3 Å². The minimum atomic E-state index is -1.17. The van der Waals surface area contributed by atoms with Gasteiger partial charge in [0, 0.05) is 0 Å². The average molecular weight is 275 g/mol. The summed E-state index contributed by atoms with van der Waals surface area (Å²) in [5.41, 5.74) is 0.997. The standard InChI is InChI=1S/C14H13NO5/c1-8-2-4-10(11(16)6-8)13(17)15-7-9-3-5-12(20-9)14(18)19/h2-6,16H,7H2,1H3,(H,15,17)(H,18,19). The SMILES string of the molecule is Cc1ccc(C(=O)NCc2ccc(C(=O)O)o2)c(O)c1. The number of benzene rings is 1. The molecule has 0 atom stereocenters. The normalized spacial score (nSPS) is 10.2. The number of furan rings is 1. The number of carboxylic acids is 1. The molecule has 1 amide bonds. The Kier molecular flexibility index (Phi) is 3.74. The molecule has 6 heteroatoms. The Morgan fingerprint density at radius 2 is 2.00 bits per heavy atom. The van der Waals surface area contributed by atoms with Crippen molar-refractivity contribution < 1.29 is 24.2 Å². The lowest BCUT2D eigenvalue weighted by atomic mass is 10.1. The number of rotatable bonds is 4.